The fraction of sp³-hybridized carbons (Fsp3) is 0.333. The Bertz CT molecular complexity index is 627. The minimum Gasteiger partial charge on any atom is -0.494 e. The van der Waals surface area contributed by atoms with Crippen molar-refractivity contribution in [3.8, 4) is 5.75 Å². The van der Waals surface area contributed by atoms with E-state index in [0.29, 0.717) is 6.61 Å². The highest BCUT2D eigenvalue weighted by atomic mass is 79.9. The maximum absolute atomic E-state index is 5.79. The monoisotopic (exact) mass is 410 g/mol. The van der Waals surface area contributed by atoms with Crippen LogP contribution >= 0.6 is 31.9 Å². The number of hydrogen-bond donors (Lipinski definition) is 0. The van der Waals surface area contributed by atoms with Gasteiger partial charge in [-0.2, -0.15) is 0 Å². The highest BCUT2D eigenvalue weighted by Gasteiger charge is 2.19. The van der Waals surface area contributed by atoms with Crippen LogP contribution in [0.2, 0.25) is 0 Å². The smallest absolute Gasteiger partial charge is 0.124 e. The quantitative estimate of drug-likeness (QED) is 0.539. The molecule has 1 unspecified atom stereocenters. The van der Waals surface area contributed by atoms with E-state index in [-0.39, 0.29) is 4.83 Å². The van der Waals surface area contributed by atoms with Gasteiger partial charge in [0.05, 0.1) is 11.4 Å². The van der Waals surface area contributed by atoms with Gasteiger partial charge in [-0.3, -0.25) is 0 Å². The zero-order chi connectivity index (χ0) is 15.6. The summed E-state index contributed by atoms with van der Waals surface area (Å²) >= 11 is 7.44. The summed E-state index contributed by atoms with van der Waals surface area (Å²) in [6, 6.07) is 10.6. The second kappa shape index (κ2) is 6.97. The van der Waals surface area contributed by atoms with Crippen LogP contribution in [-0.4, -0.2) is 6.61 Å². The molecule has 0 aliphatic carbocycles. The summed E-state index contributed by atoms with van der Waals surface area (Å²) in [6.07, 6.45) is 0. The second-order valence-electron chi connectivity index (χ2n) is 5.29. The molecule has 0 spiro atoms. The molecule has 0 radical (unpaired) electrons. The molecule has 2 rings (SSSR count). The minimum atomic E-state index is 0.122. The zero-order valence-corrected chi connectivity index (χ0v) is 16.0. The predicted octanol–water partition coefficient (Wildman–Crippen LogP) is 6.26. The lowest BCUT2D eigenvalue weighted by molar-refractivity contribution is 0.337. The van der Waals surface area contributed by atoms with Gasteiger partial charge in [-0.25, -0.2) is 0 Å². The summed E-state index contributed by atoms with van der Waals surface area (Å²) < 4.78 is 6.85. The molecule has 0 aromatic heterocycles. The van der Waals surface area contributed by atoms with Crippen LogP contribution in [0.3, 0.4) is 0 Å². The molecule has 1 atom stereocenters. The topological polar surface area (TPSA) is 9.23 Å². The lowest BCUT2D eigenvalue weighted by Gasteiger charge is -2.20. The maximum Gasteiger partial charge on any atom is 0.124 e. The van der Waals surface area contributed by atoms with Crippen LogP contribution in [0.5, 0.6) is 5.75 Å². The van der Waals surface area contributed by atoms with Gasteiger partial charge in [0.15, 0.2) is 0 Å². The van der Waals surface area contributed by atoms with E-state index in [0.717, 1.165) is 15.8 Å². The van der Waals surface area contributed by atoms with Crippen LogP contribution < -0.4 is 4.74 Å². The fourth-order valence-electron chi connectivity index (χ4n) is 2.75. The van der Waals surface area contributed by atoms with Gasteiger partial charge in [0.25, 0.3) is 0 Å². The largest absolute Gasteiger partial charge is 0.494 e. The van der Waals surface area contributed by atoms with Crippen molar-refractivity contribution in [1.29, 1.82) is 0 Å². The summed E-state index contributed by atoms with van der Waals surface area (Å²) in [5.41, 5.74) is 6.38. The van der Waals surface area contributed by atoms with Crippen molar-refractivity contribution in [3.05, 3.63) is 62.6 Å². The number of rotatable bonds is 4. The SMILES string of the molecule is CCOc1ccc(Br)cc1C(Br)c1c(C)cc(C)cc1C. The van der Waals surface area contributed by atoms with Gasteiger partial charge in [-0.15, -0.1) is 0 Å². The van der Waals surface area contributed by atoms with Crippen molar-refractivity contribution < 1.29 is 4.74 Å². The van der Waals surface area contributed by atoms with E-state index in [2.05, 4.69) is 70.8 Å². The first-order valence-corrected chi connectivity index (χ1v) is 8.79. The minimum absolute atomic E-state index is 0.122. The summed E-state index contributed by atoms with van der Waals surface area (Å²) in [4.78, 5) is 0.122. The highest BCUT2D eigenvalue weighted by Crippen LogP contribution is 2.41. The van der Waals surface area contributed by atoms with Crippen LogP contribution in [0.25, 0.3) is 0 Å². The predicted molar refractivity (Wildman–Crippen MR) is 96.7 cm³/mol. The van der Waals surface area contributed by atoms with Crippen LogP contribution in [0, 0.1) is 20.8 Å². The maximum atomic E-state index is 5.79. The molecule has 21 heavy (non-hydrogen) atoms. The number of alkyl halides is 1. The van der Waals surface area contributed by atoms with Crippen molar-refractivity contribution in [1.82, 2.24) is 0 Å². The van der Waals surface area contributed by atoms with E-state index in [1.54, 1.807) is 0 Å². The van der Waals surface area contributed by atoms with E-state index >= 15 is 0 Å². The Morgan fingerprint density at radius 3 is 2.24 bits per heavy atom. The average Bonchev–Trinajstić information content (AvgIpc) is 2.39. The Hall–Kier alpha value is -0.800. The number of aryl methyl sites for hydroxylation is 3. The third-order valence-electron chi connectivity index (χ3n) is 3.54. The van der Waals surface area contributed by atoms with Crippen molar-refractivity contribution >= 4 is 31.9 Å². The third kappa shape index (κ3) is 3.70. The number of ether oxygens (including phenoxy) is 1. The Balaban J connectivity index is 2.54. The second-order valence-corrected chi connectivity index (χ2v) is 7.12. The molecule has 0 fully saturated rings. The van der Waals surface area contributed by atoms with Gasteiger partial charge >= 0.3 is 0 Å². The lowest BCUT2D eigenvalue weighted by atomic mass is 9.94. The van der Waals surface area contributed by atoms with Gasteiger partial charge in [-0.05, 0) is 62.6 Å². The van der Waals surface area contributed by atoms with Gasteiger partial charge in [0.1, 0.15) is 5.75 Å². The van der Waals surface area contributed by atoms with E-state index in [4.69, 9.17) is 4.74 Å². The molecule has 2 aromatic rings. The molecule has 0 N–H and O–H groups in total. The van der Waals surface area contributed by atoms with Gasteiger partial charge in [-0.1, -0.05) is 49.6 Å². The highest BCUT2D eigenvalue weighted by molar-refractivity contribution is 9.10. The Morgan fingerprint density at radius 1 is 1.05 bits per heavy atom. The Labute approximate surface area is 144 Å². The molecule has 1 nitrogen and oxygen atoms in total. The summed E-state index contributed by atoms with van der Waals surface area (Å²) in [5.74, 6) is 0.932. The van der Waals surface area contributed by atoms with E-state index in [9.17, 15) is 0 Å². The zero-order valence-electron chi connectivity index (χ0n) is 12.8. The van der Waals surface area contributed by atoms with Crippen molar-refractivity contribution in [2.45, 2.75) is 32.5 Å². The Morgan fingerprint density at radius 2 is 1.67 bits per heavy atom. The molecule has 0 saturated carbocycles. The fourth-order valence-corrected chi connectivity index (χ4v) is 4.21. The molecular formula is C18H20Br2O. The van der Waals surface area contributed by atoms with Crippen molar-refractivity contribution in [3.63, 3.8) is 0 Å². The molecule has 0 amide bonds. The number of hydrogen-bond acceptors (Lipinski definition) is 1. The molecule has 0 aliphatic heterocycles. The molecule has 0 saturated heterocycles. The third-order valence-corrected chi connectivity index (χ3v) is 4.98. The molecule has 2 aromatic carbocycles. The number of benzene rings is 2. The Kier molecular flexibility index (Phi) is 5.50. The van der Waals surface area contributed by atoms with Crippen LogP contribution in [0.15, 0.2) is 34.8 Å². The van der Waals surface area contributed by atoms with Crippen LogP contribution in [0.4, 0.5) is 0 Å². The summed E-state index contributed by atoms with van der Waals surface area (Å²) in [6.45, 7) is 9.15. The molecule has 0 aliphatic rings. The van der Waals surface area contributed by atoms with Gasteiger partial charge in [0.2, 0.25) is 0 Å². The summed E-state index contributed by atoms with van der Waals surface area (Å²) in [7, 11) is 0. The first-order valence-electron chi connectivity index (χ1n) is 7.08. The molecule has 3 heteroatoms. The standard InChI is InChI=1S/C18H20Br2O/c1-5-21-16-7-6-14(19)10-15(16)18(20)17-12(3)8-11(2)9-13(17)4/h6-10,18H,5H2,1-4H3. The van der Waals surface area contributed by atoms with E-state index in [1.165, 1.54) is 22.3 Å². The van der Waals surface area contributed by atoms with Gasteiger partial charge < -0.3 is 4.74 Å². The molecule has 0 bridgehead atoms. The van der Waals surface area contributed by atoms with Crippen molar-refractivity contribution in [2.24, 2.45) is 0 Å². The van der Waals surface area contributed by atoms with Gasteiger partial charge in [0, 0.05) is 10.0 Å². The first-order chi connectivity index (χ1) is 9.93. The molecular weight excluding hydrogens is 392 g/mol. The summed E-state index contributed by atoms with van der Waals surface area (Å²) in [5, 5.41) is 0. The van der Waals surface area contributed by atoms with E-state index < -0.39 is 0 Å². The number of halogens is 2. The molecule has 112 valence electrons. The van der Waals surface area contributed by atoms with E-state index in [1.807, 2.05) is 19.1 Å². The normalized spacial score (nSPS) is 12.3. The van der Waals surface area contributed by atoms with Crippen molar-refractivity contribution in [2.75, 3.05) is 6.61 Å². The molecule has 0 heterocycles. The average molecular weight is 412 g/mol. The van der Waals surface area contributed by atoms with Crippen LogP contribution in [-0.2, 0) is 0 Å². The first kappa shape index (κ1) is 16.6. The van der Waals surface area contributed by atoms with Crippen LogP contribution in [0.1, 0.15) is 39.6 Å². The lowest BCUT2D eigenvalue weighted by Crippen LogP contribution is -2.03.